The number of amides is 2. The number of hydrogen-bond donors (Lipinski definition) is 4. The zero-order chi connectivity index (χ0) is 31.1. The van der Waals surface area contributed by atoms with E-state index < -0.39 is 23.8 Å². The molecule has 210 valence electrons. The van der Waals surface area contributed by atoms with E-state index in [0.29, 0.717) is 33.3 Å². The van der Waals surface area contributed by atoms with Crippen LogP contribution in [0, 0.1) is 24.7 Å². The van der Waals surface area contributed by atoms with E-state index in [-0.39, 0.29) is 22.3 Å². The molecule has 6 aromatic carbocycles. The van der Waals surface area contributed by atoms with Crippen molar-refractivity contribution in [3.63, 3.8) is 0 Å². The van der Waals surface area contributed by atoms with Gasteiger partial charge in [-0.1, -0.05) is 48.2 Å². The molecule has 8 nitrogen and oxygen atoms in total. The fourth-order valence-electron chi connectivity index (χ4n) is 5.42. The topological polar surface area (TPSA) is 133 Å². The predicted octanol–water partition coefficient (Wildman–Crippen LogP) is 6.45. The molecule has 0 radical (unpaired) electrons. The molecule has 0 heterocycles. The van der Waals surface area contributed by atoms with Gasteiger partial charge in [-0.2, -0.15) is 0 Å². The van der Waals surface area contributed by atoms with E-state index in [1.165, 1.54) is 36.4 Å². The van der Waals surface area contributed by atoms with Crippen LogP contribution < -0.4 is 10.6 Å². The van der Waals surface area contributed by atoms with Crippen molar-refractivity contribution in [3.05, 3.63) is 118 Å². The van der Waals surface area contributed by atoms with Crippen LogP contribution in [0.3, 0.4) is 0 Å². The highest BCUT2D eigenvalue weighted by Crippen LogP contribution is 2.40. The Morgan fingerprint density at radius 2 is 0.909 bits per heavy atom. The van der Waals surface area contributed by atoms with Crippen LogP contribution in [0.15, 0.2) is 84.9 Å². The van der Waals surface area contributed by atoms with Crippen LogP contribution in [0.1, 0.15) is 52.6 Å². The van der Waals surface area contributed by atoms with Gasteiger partial charge in [0.05, 0.1) is 22.3 Å². The van der Waals surface area contributed by atoms with E-state index in [4.69, 9.17) is 12.8 Å². The Kier molecular flexibility index (Phi) is 6.66. The Labute approximate surface area is 250 Å². The van der Waals surface area contributed by atoms with Gasteiger partial charge in [-0.3, -0.25) is 9.59 Å². The van der Waals surface area contributed by atoms with E-state index in [0.717, 1.165) is 21.5 Å². The second-order valence-corrected chi connectivity index (χ2v) is 9.98. The Morgan fingerprint density at radius 3 is 1.27 bits per heavy atom. The summed E-state index contributed by atoms with van der Waals surface area (Å²) >= 11 is 0. The second-order valence-electron chi connectivity index (χ2n) is 9.98. The van der Waals surface area contributed by atoms with Crippen LogP contribution in [0.4, 0.5) is 11.4 Å². The number of rotatable bonds is 6. The first-order valence-electron chi connectivity index (χ1n) is 13.2. The molecule has 0 saturated heterocycles. The minimum atomic E-state index is -1.28. The standard InChI is InChI=1S/C36H20N2O6/c1-3-19-5-11-23(27(17-19)35(41)42)33(39)37-29-15-9-21-8-14-26-30(16-10-22-7-13-25(29)31(21)32(22)26)38-34(40)24-12-6-20(4-2)18-28(24)36(43)44/h1-2,5-18H,(H,37,39)(H,38,40)(H,41,42)(H,43,44). The molecule has 0 aliphatic heterocycles. The molecule has 6 aromatic rings. The van der Waals surface area contributed by atoms with Crippen LogP contribution in [0.2, 0.25) is 0 Å². The van der Waals surface area contributed by atoms with Gasteiger partial charge in [0.25, 0.3) is 11.8 Å². The van der Waals surface area contributed by atoms with Gasteiger partial charge in [-0.15, -0.1) is 12.8 Å². The Balaban J connectivity index is 1.43. The highest BCUT2D eigenvalue weighted by atomic mass is 16.4. The number of carboxylic acids is 2. The number of carbonyl (C=O) groups is 4. The Morgan fingerprint density at radius 1 is 0.523 bits per heavy atom. The van der Waals surface area contributed by atoms with Gasteiger partial charge in [-0.25, -0.2) is 9.59 Å². The summed E-state index contributed by atoms with van der Waals surface area (Å²) in [6.07, 6.45) is 10.8. The maximum Gasteiger partial charge on any atom is 0.336 e. The lowest BCUT2D eigenvalue weighted by Crippen LogP contribution is -2.17. The number of carboxylic acid groups (broad SMARTS) is 2. The highest BCUT2D eigenvalue weighted by molar-refractivity contribution is 6.29. The average molecular weight is 577 g/mol. The van der Waals surface area contributed by atoms with Crippen molar-refractivity contribution in [3.8, 4) is 24.7 Å². The summed E-state index contributed by atoms with van der Waals surface area (Å²) in [5, 5.41) is 29.8. The molecule has 0 fully saturated rings. The van der Waals surface area contributed by atoms with E-state index >= 15 is 0 Å². The summed E-state index contributed by atoms with van der Waals surface area (Å²) in [5.74, 6) is 0.968. The number of aromatic carboxylic acids is 2. The van der Waals surface area contributed by atoms with Crippen LogP contribution in [-0.2, 0) is 0 Å². The van der Waals surface area contributed by atoms with Crippen molar-refractivity contribution in [2.45, 2.75) is 0 Å². The number of benzene rings is 6. The zero-order valence-corrected chi connectivity index (χ0v) is 22.8. The monoisotopic (exact) mass is 576 g/mol. The van der Waals surface area contributed by atoms with Crippen molar-refractivity contribution in [2.24, 2.45) is 0 Å². The third-order valence-corrected chi connectivity index (χ3v) is 7.48. The summed E-state index contributed by atoms with van der Waals surface area (Å²) in [4.78, 5) is 50.3. The quantitative estimate of drug-likeness (QED) is 0.133. The molecule has 2 amide bonds. The number of nitrogens with one attached hydrogen (secondary N) is 2. The zero-order valence-electron chi connectivity index (χ0n) is 22.8. The van der Waals surface area contributed by atoms with Gasteiger partial charge in [-0.05, 0) is 70.1 Å². The van der Waals surface area contributed by atoms with Crippen LogP contribution >= 0.6 is 0 Å². The lowest BCUT2D eigenvalue weighted by atomic mass is 9.92. The summed E-state index contributed by atoms with van der Waals surface area (Å²) in [6.45, 7) is 0. The third kappa shape index (κ3) is 4.59. The molecule has 0 unspecified atom stereocenters. The maximum atomic E-state index is 13.3. The highest BCUT2D eigenvalue weighted by Gasteiger charge is 2.21. The van der Waals surface area contributed by atoms with Crippen molar-refractivity contribution in [1.82, 2.24) is 0 Å². The lowest BCUT2D eigenvalue weighted by molar-refractivity contribution is 0.0683. The summed E-state index contributed by atoms with van der Waals surface area (Å²) in [6, 6.07) is 23.0. The molecule has 0 aromatic heterocycles. The maximum absolute atomic E-state index is 13.3. The Bertz CT molecular complexity index is 2140. The van der Waals surface area contributed by atoms with Crippen molar-refractivity contribution in [1.29, 1.82) is 0 Å². The number of anilines is 2. The third-order valence-electron chi connectivity index (χ3n) is 7.48. The predicted molar refractivity (Wildman–Crippen MR) is 169 cm³/mol. The van der Waals surface area contributed by atoms with Crippen LogP contribution in [0.5, 0.6) is 0 Å². The SMILES string of the molecule is C#Cc1ccc(C(=O)Nc2ccc3ccc4c(NC(=O)c5ccc(C#C)cc5C(=O)O)ccc5ccc2c3c54)c(C(=O)O)c1. The molecule has 0 saturated carbocycles. The molecule has 4 N–H and O–H groups in total. The molecule has 8 heteroatoms. The van der Waals surface area contributed by atoms with Crippen molar-refractivity contribution < 1.29 is 29.4 Å². The lowest BCUT2D eigenvalue weighted by Gasteiger charge is -2.17. The van der Waals surface area contributed by atoms with Gasteiger partial charge < -0.3 is 20.8 Å². The molecule has 0 aliphatic carbocycles. The van der Waals surface area contributed by atoms with Gasteiger partial charge in [0, 0.05) is 33.3 Å². The van der Waals surface area contributed by atoms with Gasteiger partial charge >= 0.3 is 11.9 Å². The van der Waals surface area contributed by atoms with Crippen LogP contribution in [-0.4, -0.2) is 34.0 Å². The molecular formula is C36H20N2O6. The van der Waals surface area contributed by atoms with E-state index in [9.17, 15) is 29.4 Å². The first kappa shape index (κ1) is 27.5. The number of carbonyl (C=O) groups excluding carboxylic acids is 2. The first-order valence-corrected chi connectivity index (χ1v) is 13.2. The number of hydrogen-bond acceptors (Lipinski definition) is 4. The van der Waals surface area contributed by atoms with Crippen molar-refractivity contribution in [2.75, 3.05) is 10.6 Å². The Hall–Kier alpha value is -6.64. The minimum Gasteiger partial charge on any atom is -0.478 e. The molecule has 0 atom stereocenters. The van der Waals surface area contributed by atoms with E-state index in [1.807, 2.05) is 36.4 Å². The minimum absolute atomic E-state index is 0.0387. The van der Waals surface area contributed by atoms with E-state index in [2.05, 4.69) is 22.5 Å². The summed E-state index contributed by atoms with van der Waals surface area (Å²) in [5.41, 5.74) is 1.10. The fourth-order valence-corrected chi connectivity index (χ4v) is 5.42. The van der Waals surface area contributed by atoms with Crippen LogP contribution in [0.25, 0.3) is 32.3 Å². The van der Waals surface area contributed by atoms with Gasteiger partial charge in [0.1, 0.15) is 0 Å². The molecule has 44 heavy (non-hydrogen) atoms. The largest absolute Gasteiger partial charge is 0.478 e. The average Bonchev–Trinajstić information content (AvgIpc) is 3.04. The van der Waals surface area contributed by atoms with E-state index in [1.54, 1.807) is 12.1 Å². The summed E-state index contributed by atoms with van der Waals surface area (Å²) < 4.78 is 0. The molecule has 0 spiro atoms. The van der Waals surface area contributed by atoms with Crippen molar-refractivity contribution >= 4 is 67.4 Å². The molecule has 0 aliphatic rings. The molecule has 6 rings (SSSR count). The smallest absolute Gasteiger partial charge is 0.336 e. The van der Waals surface area contributed by atoms with Gasteiger partial charge in [0.2, 0.25) is 0 Å². The first-order chi connectivity index (χ1) is 21.2. The normalized spacial score (nSPS) is 10.8. The van der Waals surface area contributed by atoms with Gasteiger partial charge in [0.15, 0.2) is 0 Å². The molecule has 0 bridgehead atoms. The molecular weight excluding hydrogens is 556 g/mol. The number of terminal acetylenes is 2. The fraction of sp³-hybridized carbons (Fsp3) is 0. The second kappa shape index (κ2) is 10.6. The summed E-state index contributed by atoms with van der Waals surface area (Å²) in [7, 11) is 0.